The number of aliphatic carboxylic acids is 2. The fraction of sp³-hybridized carbons (Fsp3) is 0.737. The maximum atomic E-state index is 10.3. The number of hydrogen-bond donors (Lipinski definition) is 2. The lowest BCUT2D eigenvalue weighted by Crippen LogP contribution is -1.93. The van der Waals surface area contributed by atoms with Crippen molar-refractivity contribution in [1.82, 2.24) is 0 Å². The first-order valence-corrected chi connectivity index (χ1v) is 17.6. The number of hydrogen-bond acceptors (Lipinski definition) is 2. The van der Waals surface area contributed by atoms with Crippen LogP contribution in [0.1, 0.15) is 181 Å². The molecule has 0 aliphatic carbocycles. The average Bonchev–Trinajstić information content (AvgIpc) is 2.97. The number of carbonyl (C=O) groups is 2. The largest absolute Gasteiger partial charge is 0.481 e. The van der Waals surface area contributed by atoms with Gasteiger partial charge in [-0.25, -0.2) is 0 Å². The molecule has 0 aromatic rings. The van der Waals surface area contributed by atoms with Gasteiger partial charge >= 0.3 is 11.9 Å². The predicted octanol–water partition coefficient (Wildman–Crippen LogP) is 12.5. The van der Waals surface area contributed by atoms with Crippen LogP contribution in [0.5, 0.6) is 0 Å². The van der Waals surface area contributed by atoms with E-state index >= 15 is 0 Å². The Balaban J connectivity index is 0. The van der Waals surface area contributed by atoms with Crippen LogP contribution in [0.4, 0.5) is 0 Å². The van der Waals surface area contributed by atoms with Gasteiger partial charge in [0.2, 0.25) is 0 Å². The van der Waals surface area contributed by atoms with Gasteiger partial charge in [-0.3, -0.25) is 9.59 Å². The summed E-state index contributed by atoms with van der Waals surface area (Å²) >= 11 is 0. The van der Waals surface area contributed by atoms with Crippen LogP contribution in [0.15, 0.2) is 48.6 Å². The summed E-state index contributed by atoms with van der Waals surface area (Å²) in [5, 5.41) is 17.0. The molecule has 0 aromatic carbocycles. The van der Waals surface area contributed by atoms with Crippen molar-refractivity contribution in [3.63, 3.8) is 0 Å². The molecular weight excluding hydrogens is 520 g/mol. The number of allylic oxidation sites excluding steroid dienone is 8. The highest BCUT2D eigenvalue weighted by Crippen LogP contribution is 2.13. The molecule has 4 nitrogen and oxygen atoms in total. The second kappa shape index (κ2) is 38.9. The predicted molar refractivity (Wildman–Crippen MR) is 183 cm³/mol. The number of rotatable bonds is 30. The monoisotopic (exact) mass is 589 g/mol. The van der Waals surface area contributed by atoms with Crippen molar-refractivity contribution in [3.05, 3.63) is 48.6 Å². The molecule has 2 N–H and O–H groups in total. The SMILES string of the molecule is CCCCC/C=C\C/C=C\C/C=C\C/C=C\CCCC(=O)O.CCCCCCCCCCCCCCCCCC(=O)O. The molecule has 0 rings (SSSR count). The Hall–Kier alpha value is -2.10. The zero-order valence-electron chi connectivity index (χ0n) is 27.7. The van der Waals surface area contributed by atoms with Crippen LogP contribution in [0.2, 0.25) is 0 Å². The van der Waals surface area contributed by atoms with Crippen LogP contribution >= 0.6 is 0 Å². The van der Waals surface area contributed by atoms with Gasteiger partial charge in [-0.1, -0.05) is 165 Å². The summed E-state index contributed by atoms with van der Waals surface area (Å²) in [5.74, 6) is -1.37. The maximum Gasteiger partial charge on any atom is 0.303 e. The smallest absolute Gasteiger partial charge is 0.303 e. The van der Waals surface area contributed by atoms with Crippen LogP contribution in [0, 0.1) is 0 Å². The molecule has 0 aliphatic heterocycles. The first-order valence-electron chi connectivity index (χ1n) is 17.6. The van der Waals surface area contributed by atoms with Gasteiger partial charge in [0.25, 0.3) is 0 Å². The minimum Gasteiger partial charge on any atom is -0.481 e. The Labute approximate surface area is 260 Å². The van der Waals surface area contributed by atoms with Crippen LogP contribution in [-0.4, -0.2) is 22.2 Å². The number of carboxylic acids is 2. The van der Waals surface area contributed by atoms with E-state index in [1.807, 2.05) is 0 Å². The topological polar surface area (TPSA) is 74.6 Å². The fourth-order valence-corrected chi connectivity index (χ4v) is 4.58. The van der Waals surface area contributed by atoms with Crippen LogP contribution in [0.25, 0.3) is 0 Å². The standard InChI is InChI=1S/C20H32O2.C18H36O2/c1-2-3-4-5-6-7-8-9-10-11-12-13-14-15-16-17-18-19-20(21)22;1-2-3-4-5-6-7-8-9-10-11-12-13-14-15-16-17-18(19)20/h6-7,9-10,12-13,15-16H,2-5,8,11,14,17-19H2,1H3,(H,21,22);2-17H2,1H3,(H,19,20)/b7-6-,10-9-,13-12-,16-15-;. The highest BCUT2D eigenvalue weighted by atomic mass is 16.4. The van der Waals surface area contributed by atoms with E-state index < -0.39 is 11.9 Å². The lowest BCUT2D eigenvalue weighted by atomic mass is 10.0. The summed E-state index contributed by atoms with van der Waals surface area (Å²) in [6, 6.07) is 0. The van der Waals surface area contributed by atoms with Gasteiger partial charge in [-0.15, -0.1) is 0 Å². The first-order chi connectivity index (χ1) is 20.5. The molecule has 42 heavy (non-hydrogen) atoms. The van der Waals surface area contributed by atoms with Crippen molar-refractivity contribution in [3.8, 4) is 0 Å². The molecule has 0 saturated carbocycles. The molecular formula is C38H68O4. The highest BCUT2D eigenvalue weighted by molar-refractivity contribution is 5.66. The molecule has 0 saturated heterocycles. The molecule has 0 atom stereocenters. The van der Waals surface area contributed by atoms with E-state index in [2.05, 4.69) is 62.5 Å². The highest BCUT2D eigenvalue weighted by Gasteiger charge is 1.97. The summed E-state index contributed by atoms with van der Waals surface area (Å²) in [6.07, 6.45) is 47.5. The lowest BCUT2D eigenvalue weighted by molar-refractivity contribution is -0.138. The third kappa shape index (κ3) is 44.9. The summed E-state index contributed by atoms with van der Waals surface area (Å²) in [4.78, 5) is 20.6. The molecule has 0 fully saturated rings. The number of unbranched alkanes of at least 4 members (excludes halogenated alkanes) is 18. The molecule has 0 unspecified atom stereocenters. The van der Waals surface area contributed by atoms with E-state index in [0.29, 0.717) is 6.42 Å². The van der Waals surface area contributed by atoms with Crippen LogP contribution in [-0.2, 0) is 9.59 Å². The second-order valence-electron chi connectivity index (χ2n) is 11.5. The van der Waals surface area contributed by atoms with Gasteiger partial charge in [0.05, 0.1) is 0 Å². The molecule has 0 bridgehead atoms. The van der Waals surface area contributed by atoms with Crippen molar-refractivity contribution >= 4 is 11.9 Å². The quantitative estimate of drug-likeness (QED) is 0.0646. The van der Waals surface area contributed by atoms with E-state index in [4.69, 9.17) is 10.2 Å². The summed E-state index contributed by atoms with van der Waals surface area (Å²) in [7, 11) is 0. The summed E-state index contributed by atoms with van der Waals surface area (Å²) < 4.78 is 0. The Kier molecular flexibility index (Phi) is 38.9. The normalized spacial score (nSPS) is 11.7. The molecule has 0 heterocycles. The van der Waals surface area contributed by atoms with Crippen molar-refractivity contribution in [1.29, 1.82) is 0 Å². The third-order valence-corrected chi connectivity index (χ3v) is 7.21. The third-order valence-electron chi connectivity index (χ3n) is 7.21. The van der Waals surface area contributed by atoms with Crippen molar-refractivity contribution in [2.75, 3.05) is 0 Å². The van der Waals surface area contributed by atoms with Crippen molar-refractivity contribution in [2.45, 2.75) is 181 Å². The molecule has 0 aromatic heterocycles. The zero-order valence-corrected chi connectivity index (χ0v) is 27.7. The van der Waals surface area contributed by atoms with Gasteiger partial charge in [-0.05, 0) is 51.4 Å². The molecule has 0 spiro atoms. The maximum absolute atomic E-state index is 10.3. The number of carboxylic acid groups (broad SMARTS) is 2. The van der Waals surface area contributed by atoms with Crippen molar-refractivity contribution in [2.24, 2.45) is 0 Å². The molecule has 244 valence electrons. The molecule has 0 aliphatic rings. The van der Waals surface area contributed by atoms with Crippen LogP contribution < -0.4 is 0 Å². The van der Waals surface area contributed by atoms with E-state index in [-0.39, 0.29) is 6.42 Å². The second-order valence-corrected chi connectivity index (χ2v) is 11.5. The zero-order chi connectivity index (χ0) is 31.2. The Morgan fingerprint density at radius 3 is 1.05 bits per heavy atom. The van der Waals surface area contributed by atoms with Gasteiger partial charge in [0.15, 0.2) is 0 Å². The summed E-state index contributed by atoms with van der Waals surface area (Å²) in [6.45, 7) is 4.50. The van der Waals surface area contributed by atoms with E-state index in [1.54, 1.807) is 0 Å². The van der Waals surface area contributed by atoms with Crippen molar-refractivity contribution < 1.29 is 19.8 Å². The first kappa shape index (κ1) is 42.0. The summed E-state index contributed by atoms with van der Waals surface area (Å²) in [5.41, 5.74) is 0. The van der Waals surface area contributed by atoms with E-state index in [0.717, 1.165) is 44.9 Å². The van der Waals surface area contributed by atoms with Crippen LogP contribution in [0.3, 0.4) is 0 Å². The molecule has 4 heteroatoms. The Morgan fingerprint density at radius 2 is 0.667 bits per heavy atom. The van der Waals surface area contributed by atoms with Gasteiger partial charge in [-0.2, -0.15) is 0 Å². The van der Waals surface area contributed by atoms with Gasteiger partial charge in [0, 0.05) is 12.8 Å². The van der Waals surface area contributed by atoms with Gasteiger partial charge in [0.1, 0.15) is 0 Å². The minimum absolute atomic E-state index is 0.262. The fourth-order valence-electron chi connectivity index (χ4n) is 4.58. The Morgan fingerprint density at radius 1 is 0.381 bits per heavy atom. The van der Waals surface area contributed by atoms with E-state index in [9.17, 15) is 9.59 Å². The van der Waals surface area contributed by atoms with E-state index in [1.165, 1.54) is 109 Å². The molecule has 0 radical (unpaired) electrons. The lowest BCUT2D eigenvalue weighted by Gasteiger charge is -2.03. The van der Waals surface area contributed by atoms with Gasteiger partial charge < -0.3 is 10.2 Å². The Bertz CT molecular complexity index is 675. The minimum atomic E-state index is -0.712. The average molecular weight is 589 g/mol. The molecule has 0 amide bonds.